The van der Waals surface area contributed by atoms with E-state index >= 15 is 0 Å². The topological polar surface area (TPSA) is 268 Å². The van der Waals surface area contributed by atoms with E-state index in [0.717, 1.165) is 19.6 Å². The van der Waals surface area contributed by atoms with Gasteiger partial charge in [-0.2, -0.15) is 0 Å². The molecule has 30 heteroatoms. The molecule has 19 nitrogen and oxygen atoms in total. The summed E-state index contributed by atoms with van der Waals surface area (Å²) in [5.41, 5.74) is 5.71. The normalized spacial score (nSPS) is 27.0. The maximum Gasteiger partial charge on any atom is 0.327 e. The van der Waals surface area contributed by atoms with Crippen molar-refractivity contribution in [2.45, 2.75) is 73.4 Å². The minimum atomic E-state index is -0.999. The third-order valence-corrected chi connectivity index (χ3v) is 16.1. The van der Waals surface area contributed by atoms with E-state index in [4.69, 9.17) is 66.8 Å². The number of aliphatic imine (C=N–C) groups is 3. The van der Waals surface area contributed by atoms with Crippen LogP contribution in [0.5, 0.6) is 0 Å². The minimum Gasteiger partial charge on any atom is -0.480 e. The number of rotatable bonds is 4. The van der Waals surface area contributed by atoms with Gasteiger partial charge in [0.1, 0.15) is 24.2 Å². The zero-order valence-electron chi connectivity index (χ0n) is 34.0. The molecule has 0 aromatic heterocycles. The van der Waals surface area contributed by atoms with E-state index in [1.807, 2.05) is 16.6 Å². The molecule has 0 radical (unpaired) electrons. The first-order valence-corrected chi connectivity index (χ1v) is 27.1. The number of carbonyl (C=O) groups is 8. The van der Waals surface area contributed by atoms with Gasteiger partial charge < -0.3 is 40.0 Å². The van der Waals surface area contributed by atoms with Gasteiger partial charge >= 0.3 is 45.3 Å². The quantitative estimate of drug-likeness (QED) is 0.162. The number of nitrogens with zero attached hydrogens (tertiary/aromatic N) is 7. The van der Waals surface area contributed by atoms with Gasteiger partial charge in [0.05, 0.1) is 38.1 Å². The largest absolute Gasteiger partial charge is 0.480 e. The molecule has 0 aromatic rings. The monoisotopic (exact) mass is 1100 g/mol. The molecule has 4 amide bonds. The number of carboxylic acid groups (broad SMARTS) is 4. The zero-order chi connectivity index (χ0) is 47.8. The van der Waals surface area contributed by atoms with Crippen LogP contribution in [-0.4, -0.2) is 208 Å². The van der Waals surface area contributed by atoms with Crippen LogP contribution in [0.15, 0.2) is 15.0 Å². The van der Waals surface area contributed by atoms with E-state index in [1.165, 1.54) is 83.9 Å². The first-order chi connectivity index (χ1) is 29.6. The summed E-state index contributed by atoms with van der Waals surface area (Å²) in [5.74, 6) is 1.23. The fourth-order valence-electron chi connectivity index (χ4n) is 5.19. The number of carbonyl (C=O) groups excluding carboxylic acids is 4. The fourth-order valence-corrected chi connectivity index (χ4v) is 12.7. The fraction of sp³-hybridized carbons (Fsp3) is 0.667. The maximum absolute atomic E-state index is 10.8. The SMILES string of the molecule is C1=NCCS1.C1=NCCS1.C1=NCCS1.CC1SCC(C(=O)O)N1C(=O)Cl.CC1SCC(C(=O)O)N1C(=O)Cl.CC1SCC(C(=O)O)N1C(=O)Cl.CC1SCC(C(=O)O)N1C(=O)Cl. The molecule has 4 saturated heterocycles. The molecule has 0 spiro atoms. The van der Waals surface area contributed by atoms with Gasteiger partial charge in [-0.3, -0.25) is 34.2 Å². The van der Waals surface area contributed by atoms with Crippen molar-refractivity contribution in [3.63, 3.8) is 0 Å². The summed E-state index contributed by atoms with van der Waals surface area (Å²) in [6.07, 6.45) is 0. The number of thioether (sulfide) groups is 7. The lowest BCUT2D eigenvalue weighted by Crippen LogP contribution is -2.42. The second kappa shape index (κ2) is 32.1. The number of halogens is 4. The summed E-state index contributed by atoms with van der Waals surface area (Å²) in [6, 6.07) is -3.07. The molecule has 8 unspecified atom stereocenters. The molecule has 7 rings (SSSR count). The average molecular weight is 1100 g/mol. The molecule has 7 heterocycles. The van der Waals surface area contributed by atoms with Crippen LogP contribution >= 0.6 is 129 Å². The van der Waals surface area contributed by atoms with Crippen LogP contribution in [-0.2, 0) is 19.2 Å². The summed E-state index contributed by atoms with van der Waals surface area (Å²) >= 11 is 31.9. The van der Waals surface area contributed by atoms with Crippen LogP contribution in [0.2, 0.25) is 0 Å². The Labute approximate surface area is 414 Å². The smallest absolute Gasteiger partial charge is 0.327 e. The summed E-state index contributed by atoms with van der Waals surface area (Å²) < 4.78 is 0. The Morgan fingerprint density at radius 1 is 0.429 bits per heavy atom. The number of aliphatic carboxylic acids is 4. The predicted molar refractivity (Wildman–Crippen MR) is 263 cm³/mol. The van der Waals surface area contributed by atoms with Crippen molar-refractivity contribution in [2.75, 3.05) is 59.9 Å². The lowest BCUT2D eigenvalue weighted by molar-refractivity contribution is -0.141. The number of carboxylic acids is 4. The van der Waals surface area contributed by atoms with Gasteiger partial charge in [0, 0.05) is 59.9 Å². The molecule has 7 aliphatic heterocycles. The number of amides is 4. The molecule has 0 aliphatic carbocycles. The molecular weight excluding hydrogens is 1050 g/mol. The molecule has 0 saturated carbocycles. The highest BCUT2D eigenvalue weighted by Crippen LogP contribution is 2.32. The Morgan fingerprint density at radius 3 is 0.698 bits per heavy atom. The Bertz CT molecular complexity index is 1430. The molecule has 4 N–H and O–H groups in total. The van der Waals surface area contributed by atoms with Crippen molar-refractivity contribution in [3.05, 3.63) is 0 Å². The molecule has 63 heavy (non-hydrogen) atoms. The first-order valence-electron chi connectivity index (χ1n) is 18.2. The van der Waals surface area contributed by atoms with Gasteiger partial charge in [0.15, 0.2) is 0 Å². The lowest BCUT2D eigenvalue weighted by atomic mass is 10.3. The second-order valence-corrected chi connectivity index (χ2v) is 22.0. The van der Waals surface area contributed by atoms with E-state index in [1.54, 1.807) is 63.0 Å². The van der Waals surface area contributed by atoms with E-state index in [-0.39, 0.29) is 21.5 Å². The van der Waals surface area contributed by atoms with Crippen molar-refractivity contribution in [3.8, 4) is 0 Å². The van der Waals surface area contributed by atoms with Gasteiger partial charge in [-0.15, -0.1) is 82.3 Å². The van der Waals surface area contributed by atoms with Crippen molar-refractivity contribution in [1.29, 1.82) is 0 Å². The van der Waals surface area contributed by atoms with Gasteiger partial charge in [-0.1, -0.05) is 0 Å². The molecular formula is C33H47Cl4N7O12S7. The zero-order valence-corrected chi connectivity index (χ0v) is 42.7. The van der Waals surface area contributed by atoms with Gasteiger partial charge in [-0.25, -0.2) is 19.2 Å². The molecule has 8 atom stereocenters. The second-order valence-electron chi connectivity index (χ2n) is 12.4. The summed E-state index contributed by atoms with van der Waals surface area (Å²) in [7, 11) is 0. The molecule has 356 valence electrons. The van der Waals surface area contributed by atoms with E-state index < -0.39 is 69.5 Å². The third kappa shape index (κ3) is 21.7. The first kappa shape index (κ1) is 59.4. The van der Waals surface area contributed by atoms with Crippen LogP contribution in [0.4, 0.5) is 19.2 Å². The Hall–Kier alpha value is -1.62. The minimum absolute atomic E-state index is 0.143. The van der Waals surface area contributed by atoms with E-state index in [0.29, 0.717) is 23.0 Å². The van der Waals surface area contributed by atoms with Crippen molar-refractivity contribution in [1.82, 2.24) is 19.6 Å². The van der Waals surface area contributed by atoms with Crippen molar-refractivity contribution in [2.24, 2.45) is 15.0 Å². The van der Waals surface area contributed by atoms with Gasteiger partial charge in [-0.05, 0) is 74.1 Å². The lowest BCUT2D eigenvalue weighted by Gasteiger charge is -2.21. The highest BCUT2D eigenvalue weighted by atomic mass is 35.5. The highest BCUT2D eigenvalue weighted by molar-refractivity contribution is 8.12. The van der Waals surface area contributed by atoms with E-state index in [9.17, 15) is 38.4 Å². The summed E-state index contributed by atoms with van der Waals surface area (Å²) in [5, 5.41) is 31.4. The maximum atomic E-state index is 10.8. The predicted octanol–water partition coefficient (Wildman–Crippen LogP) is 7.06. The summed E-state index contributed by atoms with van der Waals surface area (Å²) in [4.78, 5) is 102. The van der Waals surface area contributed by atoms with Crippen molar-refractivity contribution >= 4 is 191 Å². The Balaban J connectivity index is 0.000000378. The number of hydrogen-bond acceptors (Lipinski definition) is 18. The molecule has 0 bridgehead atoms. The summed E-state index contributed by atoms with van der Waals surface area (Å²) in [6.45, 7) is 10.1. The van der Waals surface area contributed by atoms with Crippen LogP contribution in [0.3, 0.4) is 0 Å². The molecule has 4 fully saturated rings. The third-order valence-electron chi connectivity index (χ3n) is 8.31. The average Bonchev–Trinajstić information content (AvgIpc) is 4.04. The number of hydrogen-bond donors (Lipinski definition) is 4. The van der Waals surface area contributed by atoms with Crippen LogP contribution in [0, 0.1) is 0 Å². The van der Waals surface area contributed by atoms with Crippen LogP contribution in [0.1, 0.15) is 27.7 Å². The van der Waals surface area contributed by atoms with Crippen LogP contribution < -0.4 is 0 Å². The van der Waals surface area contributed by atoms with Gasteiger partial charge in [0.25, 0.3) is 0 Å². The standard InChI is InChI=1S/4C6H8ClNO3S.3C3H5NS/c4*1-3-8(6(7)11)4(2-12-3)5(9)10;3*1-2-5-3-4-1/h4*3-4H,2H2,1H3,(H,9,10);3*3H,1-2H2. The van der Waals surface area contributed by atoms with Crippen LogP contribution in [0.25, 0.3) is 0 Å². The Morgan fingerprint density at radius 2 is 0.619 bits per heavy atom. The molecule has 0 aromatic carbocycles. The molecule has 7 aliphatic rings. The van der Waals surface area contributed by atoms with E-state index in [2.05, 4.69) is 15.0 Å². The highest BCUT2D eigenvalue weighted by Gasteiger charge is 2.41. The van der Waals surface area contributed by atoms with Crippen molar-refractivity contribution < 1.29 is 58.8 Å². The Kier molecular flexibility index (Phi) is 30.3. The van der Waals surface area contributed by atoms with Gasteiger partial charge in [0.2, 0.25) is 0 Å².